The van der Waals surface area contributed by atoms with Gasteiger partial charge in [0.05, 0.1) is 11.9 Å². The number of carbonyl (C=O) groups excluding carboxylic acids is 1. The maximum absolute atomic E-state index is 13.5. The topological polar surface area (TPSA) is 77.0 Å². The first-order chi connectivity index (χ1) is 9.60. The van der Waals surface area contributed by atoms with Gasteiger partial charge in [0.15, 0.2) is 0 Å². The van der Waals surface area contributed by atoms with Crippen LogP contribution in [0.25, 0.3) is 0 Å². The highest BCUT2D eigenvalue weighted by atomic mass is 19.1. The average molecular weight is 277 g/mol. The normalized spacial score (nSPS) is 10.6. The third-order valence-corrected chi connectivity index (χ3v) is 2.88. The fourth-order valence-corrected chi connectivity index (χ4v) is 1.74. The van der Waals surface area contributed by atoms with E-state index in [2.05, 4.69) is 10.3 Å². The van der Waals surface area contributed by atoms with Gasteiger partial charge in [-0.1, -0.05) is 23.4 Å². The van der Waals surface area contributed by atoms with E-state index < -0.39 is 0 Å². The van der Waals surface area contributed by atoms with Gasteiger partial charge in [-0.15, -0.1) is 5.10 Å². The molecule has 2 rings (SSSR count). The van der Waals surface area contributed by atoms with Crippen LogP contribution in [-0.2, 0) is 24.4 Å². The second kappa shape index (κ2) is 6.25. The van der Waals surface area contributed by atoms with E-state index in [1.54, 1.807) is 31.4 Å². The van der Waals surface area contributed by atoms with Crippen LogP contribution in [0.15, 0.2) is 30.5 Å². The van der Waals surface area contributed by atoms with E-state index >= 15 is 0 Å². The summed E-state index contributed by atoms with van der Waals surface area (Å²) >= 11 is 0. The predicted octanol–water partition coefficient (Wildman–Crippen LogP) is 0.534. The molecule has 0 aliphatic rings. The van der Waals surface area contributed by atoms with Crippen LogP contribution in [0.4, 0.5) is 4.39 Å². The maximum Gasteiger partial charge on any atom is 0.244 e. The van der Waals surface area contributed by atoms with Gasteiger partial charge in [-0.2, -0.15) is 0 Å². The minimum absolute atomic E-state index is 0.0535. The van der Waals surface area contributed by atoms with Gasteiger partial charge in [-0.05, 0) is 6.07 Å². The van der Waals surface area contributed by atoms with Crippen molar-refractivity contribution in [3.63, 3.8) is 0 Å². The molecule has 2 N–H and O–H groups in total. The average Bonchev–Trinajstić information content (AvgIpc) is 2.89. The van der Waals surface area contributed by atoms with Crippen molar-refractivity contribution in [1.82, 2.24) is 19.9 Å². The molecule has 0 spiro atoms. The number of nitrogens with two attached hydrogens (primary N) is 1. The molecule has 1 heterocycles. The van der Waals surface area contributed by atoms with Crippen LogP contribution in [0.5, 0.6) is 0 Å². The maximum atomic E-state index is 13.5. The Morgan fingerprint density at radius 1 is 1.45 bits per heavy atom. The monoisotopic (exact) mass is 277 g/mol. The predicted molar refractivity (Wildman–Crippen MR) is 70.8 cm³/mol. The lowest BCUT2D eigenvalue weighted by atomic mass is 10.2. The van der Waals surface area contributed by atoms with Crippen molar-refractivity contribution in [2.45, 2.75) is 19.6 Å². The molecule has 1 amide bonds. The fourth-order valence-electron chi connectivity index (χ4n) is 1.74. The van der Waals surface area contributed by atoms with Crippen molar-refractivity contribution in [2.75, 3.05) is 7.05 Å². The summed E-state index contributed by atoms with van der Waals surface area (Å²) in [6, 6.07) is 6.38. The van der Waals surface area contributed by atoms with Crippen molar-refractivity contribution < 1.29 is 9.18 Å². The number of likely N-dealkylation sites (N-methyl/N-ethyl adjacent to an activating group) is 1. The van der Waals surface area contributed by atoms with Gasteiger partial charge in [-0.25, -0.2) is 9.07 Å². The van der Waals surface area contributed by atoms with Crippen LogP contribution >= 0.6 is 0 Å². The minimum Gasteiger partial charge on any atom is -0.340 e. The number of halogens is 1. The third kappa shape index (κ3) is 3.39. The highest BCUT2D eigenvalue weighted by molar-refractivity contribution is 5.75. The zero-order chi connectivity index (χ0) is 14.5. The van der Waals surface area contributed by atoms with Crippen LogP contribution in [0.2, 0.25) is 0 Å². The lowest BCUT2D eigenvalue weighted by molar-refractivity contribution is -0.131. The second-order valence-corrected chi connectivity index (χ2v) is 4.45. The van der Waals surface area contributed by atoms with Crippen molar-refractivity contribution in [1.29, 1.82) is 0 Å². The lowest BCUT2D eigenvalue weighted by Gasteiger charge is -2.17. The highest BCUT2D eigenvalue weighted by Gasteiger charge is 2.13. The molecular formula is C13H16FN5O. The van der Waals surface area contributed by atoms with Crippen molar-refractivity contribution >= 4 is 5.91 Å². The standard InChI is InChI=1S/C13H16FN5O/c1-18(7-10-4-2-3-5-12(10)14)13(20)9-19-8-11(6-15)16-17-19/h2-5,8H,6-7,9,15H2,1H3. The van der Waals surface area contributed by atoms with Crippen LogP contribution in [0.3, 0.4) is 0 Å². The largest absolute Gasteiger partial charge is 0.340 e. The SMILES string of the molecule is CN(Cc1ccccc1F)C(=O)Cn1cc(CN)nn1. The summed E-state index contributed by atoms with van der Waals surface area (Å²) in [6.07, 6.45) is 1.62. The molecule has 6 nitrogen and oxygen atoms in total. The number of rotatable bonds is 5. The number of carbonyl (C=O) groups is 1. The molecule has 20 heavy (non-hydrogen) atoms. The van der Waals surface area contributed by atoms with Crippen molar-refractivity contribution in [2.24, 2.45) is 5.73 Å². The summed E-state index contributed by atoms with van der Waals surface area (Å²) in [5.41, 5.74) is 6.52. The van der Waals surface area contributed by atoms with E-state index in [0.29, 0.717) is 11.3 Å². The van der Waals surface area contributed by atoms with Gasteiger partial charge in [-0.3, -0.25) is 4.79 Å². The summed E-state index contributed by atoms with van der Waals surface area (Å²) in [7, 11) is 1.62. The number of aromatic nitrogens is 3. The summed E-state index contributed by atoms with van der Waals surface area (Å²) < 4.78 is 14.9. The number of nitrogens with zero attached hydrogens (tertiary/aromatic N) is 4. The smallest absolute Gasteiger partial charge is 0.244 e. The molecule has 106 valence electrons. The number of hydrogen-bond donors (Lipinski definition) is 1. The number of benzene rings is 1. The van der Waals surface area contributed by atoms with Crippen LogP contribution in [0.1, 0.15) is 11.3 Å². The molecule has 0 bridgehead atoms. The van der Waals surface area contributed by atoms with E-state index in [1.807, 2.05) is 0 Å². The number of hydrogen-bond acceptors (Lipinski definition) is 4. The third-order valence-electron chi connectivity index (χ3n) is 2.88. The van der Waals surface area contributed by atoms with Crippen molar-refractivity contribution in [3.8, 4) is 0 Å². The summed E-state index contributed by atoms with van der Waals surface area (Å²) in [5, 5.41) is 7.60. The Morgan fingerprint density at radius 3 is 2.85 bits per heavy atom. The summed E-state index contributed by atoms with van der Waals surface area (Å²) in [4.78, 5) is 13.5. The van der Waals surface area contributed by atoms with Crippen molar-refractivity contribution in [3.05, 3.63) is 47.5 Å². The van der Waals surface area contributed by atoms with E-state index in [1.165, 1.54) is 15.6 Å². The van der Waals surface area contributed by atoms with Crippen LogP contribution < -0.4 is 5.73 Å². The zero-order valence-electron chi connectivity index (χ0n) is 11.2. The first kappa shape index (κ1) is 14.1. The Morgan fingerprint density at radius 2 is 2.20 bits per heavy atom. The Balaban J connectivity index is 1.97. The van der Waals surface area contributed by atoms with Gasteiger partial charge in [0.2, 0.25) is 5.91 Å². The molecule has 2 aromatic rings. The molecule has 0 saturated carbocycles. The quantitative estimate of drug-likeness (QED) is 0.865. The zero-order valence-corrected chi connectivity index (χ0v) is 11.2. The molecule has 0 unspecified atom stereocenters. The molecule has 0 saturated heterocycles. The van der Waals surface area contributed by atoms with Crippen LogP contribution in [-0.4, -0.2) is 32.8 Å². The number of amides is 1. The first-order valence-electron chi connectivity index (χ1n) is 6.16. The van der Waals surface area contributed by atoms with E-state index in [4.69, 9.17) is 5.73 Å². The Kier molecular flexibility index (Phi) is 4.41. The molecule has 0 aliphatic heterocycles. The molecule has 7 heteroatoms. The second-order valence-electron chi connectivity index (χ2n) is 4.45. The Labute approximate surface area is 116 Å². The Bertz CT molecular complexity index is 598. The van der Waals surface area contributed by atoms with E-state index in [0.717, 1.165) is 0 Å². The minimum atomic E-state index is -0.321. The molecule has 0 aliphatic carbocycles. The Hall–Kier alpha value is -2.28. The van der Waals surface area contributed by atoms with Gasteiger partial charge in [0.1, 0.15) is 12.4 Å². The van der Waals surface area contributed by atoms with Crippen LogP contribution in [0, 0.1) is 5.82 Å². The first-order valence-corrected chi connectivity index (χ1v) is 6.16. The van der Waals surface area contributed by atoms with E-state index in [9.17, 15) is 9.18 Å². The lowest BCUT2D eigenvalue weighted by Crippen LogP contribution is -2.30. The molecule has 0 atom stereocenters. The molecule has 1 aromatic heterocycles. The molecular weight excluding hydrogens is 261 g/mol. The molecule has 0 radical (unpaired) electrons. The molecule has 1 aromatic carbocycles. The van der Waals surface area contributed by atoms with Gasteiger partial charge in [0.25, 0.3) is 0 Å². The highest BCUT2D eigenvalue weighted by Crippen LogP contribution is 2.09. The summed E-state index contributed by atoms with van der Waals surface area (Å²) in [6.45, 7) is 0.543. The summed E-state index contributed by atoms with van der Waals surface area (Å²) in [5.74, 6) is -0.500. The molecule has 0 fully saturated rings. The van der Waals surface area contributed by atoms with Gasteiger partial charge < -0.3 is 10.6 Å². The van der Waals surface area contributed by atoms with Gasteiger partial charge in [0, 0.05) is 25.7 Å². The fraction of sp³-hybridized carbons (Fsp3) is 0.308. The van der Waals surface area contributed by atoms with E-state index in [-0.39, 0.29) is 31.4 Å². The van der Waals surface area contributed by atoms with Gasteiger partial charge >= 0.3 is 0 Å².